The number of alkyl halides is 3. The summed E-state index contributed by atoms with van der Waals surface area (Å²) in [5.74, 6) is -2.31. The molecule has 136 valence electrons. The van der Waals surface area contributed by atoms with Crippen molar-refractivity contribution in [1.29, 1.82) is 0 Å². The van der Waals surface area contributed by atoms with Crippen molar-refractivity contribution < 1.29 is 22.8 Å². The Morgan fingerprint density at radius 1 is 1.04 bits per heavy atom. The maximum atomic E-state index is 12.8. The van der Waals surface area contributed by atoms with Crippen molar-refractivity contribution >= 4 is 46.9 Å². The van der Waals surface area contributed by atoms with E-state index in [1.807, 2.05) is 5.43 Å². The van der Waals surface area contributed by atoms with Crippen LogP contribution in [-0.4, -0.2) is 18.0 Å². The van der Waals surface area contributed by atoms with Crippen LogP contribution in [0.4, 0.5) is 18.9 Å². The fourth-order valence-electron chi connectivity index (χ4n) is 1.85. The van der Waals surface area contributed by atoms with Gasteiger partial charge < -0.3 is 5.32 Å². The van der Waals surface area contributed by atoms with Gasteiger partial charge in [0.05, 0.1) is 22.5 Å². The zero-order valence-corrected chi connectivity index (χ0v) is 14.3. The van der Waals surface area contributed by atoms with E-state index in [0.29, 0.717) is 0 Å². The molecule has 2 aromatic carbocycles. The first-order valence-corrected chi connectivity index (χ1v) is 7.69. The Labute approximate surface area is 155 Å². The lowest BCUT2D eigenvalue weighted by Gasteiger charge is -2.09. The van der Waals surface area contributed by atoms with E-state index >= 15 is 0 Å². The van der Waals surface area contributed by atoms with Gasteiger partial charge >= 0.3 is 18.0 Å². The predicted molar refractivity (Wildman–Crippen MR) is 92.3 cm³/mol. The van der Waals surface area contributed by atoms with Crippen LogP contribution in [0.5, 0.6) is 0 Å². The standard InChI is InChI=1S/C16H10Cl2F3N3O2/c17-10-5-6-12(18)13(7-10)23-14(25)15(26)24-22-8-9-3-1-2-4-11(9)16(19,20)21/h1-8H,(H,23,25)(H,24,26)/b22-8-. The molecule has 2 rings (SSSR count). The van der Waals surface area contributed by atoms with Crippen molar-refractivity contribution in [3.05, 3.63) is 63.6 Å². The van der Waals surface area contributed by atoms with Crippen molar-refractivity contribution in [2.24, 2.45) is 5.10 Å². The summed E-state index contributed by atoms with van der Waals surface area (Å²) in [6, 6.07) is 8.89. The third-order valence-electron chi connectivity index (χ3n) is 3.02. The first-order chi connectivity index (χ1) is 12.2. The fraction of sp³-hybridized carbons (Fsp3) is 0.0625. The summed E-state index contributed by atoms with van der Waals surface area (Å²) < 4.78 is 38.5. The Morgan fingerprint density at radius 3 is 2.42 bits per heavy atom. The normalized spacial score (nSPS) is 11.4. The zero-order chi connectivity index (χ0) is 19.3. The molecule has 26 heavy (non-hydrogen) atoms. The minimum absolute atomic E-state index is 0.103. The number of carbonyl (C=O) groups is 2. The van der Waals surface area contributed by atoms with Crippen LogP contribution in [0.25, 0.3) is 0 Å². The van der Waals surface area contributed by atoms with Gasteiger partial charge in [0.25, 0.3) is 0 Å². The Hall–Kier alpha value is -2.58. The molecule has 2 aromatic rings. The van der Waals surface area contributed by atoms with Crippen molar-refractivity contribution in [1.82, 2.24) is 5.43 Å². The molecule has 2 amide bonds. The molecular weight excluding hydrogens is 394 g/mol. The summed E-state index contributed by atoms with van der Waals surface area (Å²) in [7, 11) is 0. The molecule has 0 bridgehead atoms. The van der Waals surface area contributed by atoms with Gasteiger partial charge in [-0.2, -0.15) is 18.3 Å². The summed E-state index contributed by atoms with van der Waals surface area (Å²) >= 11 is 11.6. The van der Waals surface area contributed by atoms with Crippen molar-refractivity contribution in [3.63, 3.8) is 0 Å². The van der Waals surface area contributed by atoms with E-state index in [-0.39, 0.29) is 21.3 Å². The SMILES string of the molecule is O=C(N/N=C\c1ccccc1C(F)(F)F)C(=O)Nc1cc(Cl)ccc1Cl. The van der Waals surface area contributed by atoms with Crippen LogP contribution in [0.2, 0.25) is 10.0 Å². The average molecular weight is 404 g/mol. The highest BCUT2D eigenvalue weighted by molar-refractivity contribution is 6.42. The van der Waals surface area contributed by atoms with Crippen LogP contribution in [0, 0.1) is 0 Å². The van der Waals surface area contributed by atoms with Crippen LogP contribution in [-0.2, 0) is 15.8 Å². The number of nitrogens with one attached hydrogen (secondary N) is 2. The highest BCUT2D eigenvalue weighted by Crippen LogP contribution is 2.31. The third kappa shape index (κ3) is 5.21. The lowest BCUT2D eigenvalue weighted by Crippen LogP contribution is -2.32. The number of nitrogens with zero attached hydrogens (tertiary/aromatic N) is 1. The summed E-state index contributed by atoms with van der Waals surface area (Å²) in [5, 5.41) is 6.02. The Balaban J connectivity index is 2.04. The molecule has 0 unspecified atom stereocenters. The molecule has 0 saturated carbocycles. The molecule has 0 aliphatic carbocycles. The van der Waals surface area contributed by atoms with E-state index in [0.717, 1.165) is 12.3 Å². The molecule has 0 radical (unpaired) electrons. The van der Waals surface area contributed by atoms with E-state index in [1.165, 1.54) is 36.4 Å². The maximum absolute atomic E-state index is 12.8. The second kappa shape index (κ2) is 8.20. The quantitative estimate of drug-likeness (QED) is 0.460. The van der Waals surface area contributed by atoms with Crippen LogP contribution >= 0.6 is 23.2 Å². The van der Waals surface area contributed by atoms with Crippen LogP contribution in [0.1, 0.15) is 11.1 Å². The largest absolute Gasteiger partial charge is 0.417 e. The molecule has 10 heteroatoms. The fourth-order valence-corrected chi connectivity index (χ4v) is 2.19. The molecule has 0 aliphatic rings. The molecule has 2 N–H and O–H groups in total. The van der Waals surface area contributed by atoms with Crippen molar-refractivity contribution in [2.75, 3.05) is 5.32 Å². The number of rotatable bonds is 3. The minimum atomic E-state index is -4.58. The smallest absolute Gasteiger partial charge is 0.316 e. The molecule has 0 heterocycles. The summed E-state index contributed by atoms with van der Waals surface area (Å²) in [4.78, 5) is 23.4. The van der Waals surface area contributed by atoms with Gasteiger partial charge in [-0.1, -0.05) is 41.4 Å². The molecule has 0 atom stereocenters. The number of hydrazone groups is 1. The number of benzene rings is 2. The minimum Gasteiger partial charge on any atom is -0.316 e. The molecule has 0 spiro atoms. The third-order valence-corrected chi connectivity index (χ3v) is 3.58. The van der Waals surface area contributed by atoms with E-state index in [4.69, 9.17) is 23.2 Å². The molecule has 0 saturated heterocycles. The van der Waals surface area contributed by atoms with E-state index in [2.05, 4.69) is 10.4 Å². The number of carbonyl (C=O) groups excluding carboxylic acids is 2. The van der Waals surface area contributed by atoms with Gasteiger partial charge in [0, 0.05) is 10.6 Å². The van der Waals surface area contributed by atoms with Gasteiger partial charge in [-0.25, -0.2) is 5.43 Å². The highest BCUT2D eigenvalue weighted by Gasteiger charge is 2.32. The Kier molecular flexibility index (Phi) is 6.23. The van der Waals surface area contributed by atoms with Crippen LogP contribution in [0.15, 0.2) is 47.6 Å². The van der Waals surface area contributed by atoms with Crippen molar-refractivity contribution in [2.45, 2.75) is 6.18 Å². The van der Waals surface area contributed by atoms with Gasteiger partial charge in [0.1, 0.15) is 0 Å². The molecule has 5 nitrogen and oxygen atoms in total. The molecular formula is C16H10Cl2F3N3O2. The highest BCUT2D eigenvalue weighted by atomic mass is 35.5. The first kappa shape index (κ1) is 19.7. The summed E-state index contributed by atoms with van der Waals surface area (Å²) in [5.41, 5.74) is 0.753. The Bertz CT molecular complexity index is 870. The monoisotopic (exact) mass is 403 g/mol. The number of hydrogen-bond acceptors (Lipinski definition) is 3. The molecule has 0 aliphatic heterocycles. The zero-order valence-electron chi connectivity index (χ0n) is 12.8. The maximum Gasteiger partial charge on any atom is 0.417 e. The lowest BCUT2D eigenvalue weighted by molar-refractivity contribution is -0.137. The first-order valence-electron chi connectivity index (χ1n) is 6.94. The summed E-state index contributed by atoms with van der Waals surface area (Å²) in [6.45, 7) is 0. The summed E-state index contributed by atoms with van der Waals surface area (Å²) in [6.07, 6.45) is -3.78. The van der Waals surface area contributed by atoms with E-state index < -0.39 is 23.6 Å². The Morgan fingerprint density at radius 2 is 1.73 bits per heavy atom. The van der Waals surface area contributed by atoms with E-state index in [1.54, 1.807) is 0 Å². The van der Waals surface area contributed by atoms with Gasteiger partial charge in [-0.05, 0) is 24.3 Å². The number of anilines is 1. The average Bonchev–Trinajstić information content (AvgIpc) is 2.57. The number of halogens is 5. The second-order valence-electron chi connectivity index (χ2n) is 4.86. The molecule has 0 aromatic heterocycles. The lowest BCUT2D eigenvalue weighted by atomic mass is 10.1. The predicted octanol–water partition coefficient (Wildman–Crippen LogP) is 4.10. The van der Waals surface area contributed by atoms with Gasteiger partial charge in [-0.15, -0.1) is 0 Å². The van der Waals surface area contributed by atoms with Gasteiger partial charge in [0.2, 0.25) is 0 Å². The van der Waals surface area contributed by atoms with Crippen LogP contribution in [0.3, 0.4) is 0 Å². The van der Waals surface area contributed by atoms with Gasteiger partial charge in [-0.3, -0.25) is 9.59 Å². The van der Waals surface area contributed by atoms with E-state index in [9.17, 15) is 22.8 Å². The second-order valence-corrected chi connectivity index (χ2v) is 5.71. The number of hydrogen-bond donors (Lipinski definition) is 2. The molecule has 0 fully saturated rings. The van der Waals surface area contributed by atoms with Crippen molar-refractivity contribution in [3.8, 4) is 0 Å². The topological polar surface area (TPSA) is 70.6 Å². The van der Waals surface area contributed by atoms with Crippen LogP contribution < -0.4 is 10.7 Å². The number of amides is 2. The van der Waals surface area contributed by atoms with Gasteiger partial charge in [0.15, 0.2) is 0 Å².